The summed E-state index contributed by atoms with van der Waals surface area (Å²) in [5.41, 5.74) is 1.14. The first kappa shape index (κ1) is 8.27. The summed E-state index contributed by atoms with van der Waals surface area (Å²) < 4.78 is 0. The molecule has 0 amide bonds. The summed E-state index contributed by atoms with van der Waals surface area (Å²) in [6, 6.07) is 0. The monoisotopic (exact) mass is 153 g/mol. The van der Waals surface area contributed by atoms with E-state index in [1.807, 2.05) is 6.20 Å². The second-order valence-electron chi connectivity index (χ2n) is 3.10. The Hall–Kier alpha value is -0.830. The first-order chi connectivity index (χ1) is 5.29. The Bertz CT molecular complexity index is 179. The summed E-state index contributed by atoms with van der Waals surface area (Å²) in [6.45, 7) is 6.33. The third kappa shape index (κ3) is 3.18. The predicted octanol–water partition coefficient (Wildman–Crippen LogP) is 1.16. The molecule has 0 aliphatic heterocycles. The Morgan fingerprint density at radius 1 is 1.64 bits per heavy atom. The standard InChI is InChI=1S/C8H15N3/c1-7(2)3-9-4-8-5-10-6-11-8/h5-7,9H,3-4H2,1-2H3,(H,10,11). The maximum Gasteiger partial charge on any atom is 0.0922 e. The zero-order valence-corrected chi connectivity index (χ0v) is 7.09. The fourth-order valence-corrected chi connectivity index (χ4v) is 0.877. The highest BCUT2D eigenvalue weighted by molar-refractivity contribution is 4.92. The number of aromatic amines is 1. The van der Waals surface area contributed by atoms with Gasteiger partial charge in [0.2, 0.25) is 0 Å². The van der Waals surface area contributed by atoms with Crippen LogP contribution < -0.4 is 5.32 Å². The largest absolute Gasteiger partial charge is 0.347 e. The van der Waals surface area contributed by atoms with E-state index in [9.17, 15) is 0 Å². The molecule has 1 rings (SSSR count). The van der Waals surface area contributed by atoms with Gasteiger partial charge in [-0.2, -0.15) is 0 Å². The summed E-state index contributed by atoms with van der Waals surface area (Å²) in [6.07, 6.45) is 3.54. The van der Waals surface area contributed by atoms with E-state index in [0.29, 0.717) is 5.92 Å². The fourth-order valence-electron chi connectivity index (χ4n) is 0.877. The van der Waals surface area contributed by atoms with Crippen molar-refractivity contribution < 1.29 is 0 Å². The molecule has 0 bridgehead atoms. The highest BCUT2D eigenvalue weighted by atomic mass is 14.9. The van der Waals surface area contributed by atoms with Crippen LogP contribution >= 0.6 is 0 Å². The van der Waals surface area contributed by atoms with Gasteiger partial charge in [-0.3, -0.25) is 0 Å². The molecule has 0 saturated carbocycles. The zero-order valence-electron chi connectivity index (χ0n) is 7.09. The van der Waals surface area contributed by atoms with Gasteiger partial charge in [0.15, 0.2) is 0 Å². The van der Waals surface area contributed by atoms with Crippen LogP contribution in [0.1, 0.15) is 19.5 Å². The number of rotatable bonds is 4. The smallest absolute Gasteiger partial charge is 0.0922 e. The van der Waals surface area contributed by atoms with Crippen LogP contribution in [0.3, 0.4) is 0 Å². The minimum Gasteiger partial charge on any atom is -0.347 e. The summed E-state index contributed by atoms with van der Waals surface area (Å²) in [7, 11) is 0. The van der Waals surface area contributed by atoms with E-state index in [0.717, 1.165) is 18.8 Å². The molecule has 1 aromatic rings. The van der Waals surface area contributed by atoms with Crippen LogP contribution in [0, 0.1) is 5.92 Å². The molecule has 3 nitrogen and oxygen atoms in total. The zero-order chi connectivity index (χ0) is 8.10. The van der Waals surface area contributed by atoms with Crippen molar-refractivity contribution in [2.75, 3.05) is 6.54 Å². The Kier molecular flexibility index (Phi) is 3.11. The number of nitrogens with zero attached hydrogens (tertiary/aromatic N) is 1. The molecule has 62 valence electrons. The summed E-state index contributed by atoms with van der Waals surface area (Å²) in [4.78, 5) is 6.96. The molecule has 0 unspecified atom stereocenters. The van der Waals surface area contributed by atoms with Crippen LogP contribution in [-0.4, -0.2) is 16.5 Å². The van der Waals surface area contributed by atoms with Gasteiger partial charge in [0.25, 0.3) is 0 Å². The van der Waals surface area contributed by atoms with Crippen molar-refractivity contribution in [2.24, 2.45) is 5.92 Å². The molecule has 0 aliphatic carbocycles. The highest BCUT2D eigenvalue weighted by Crippen LogP contribution is 1.91. The Balaban J connectivity index is 2.14. The normalized spacial score (nSPS) is 10.8. The van der Waals surface area contributed by atoms with Gasteiger partial charge >= 0.3 is 0 Å². The number of aromatic nitrogens is 2. The van der Waals surface area contributed by atoms with Crippen molar-refractivity contribution in [1.29, 1.82) is 0 Å². The van der Waals surface area contributed by atoms with Gasteiger partial charge in [-0.25, -0.2) is 4.98 Å². The quantitative estimate of drug-likeness (QED) is 0.681. The van der Waals surface area contributed by atoms with E-state index < -0.39 is 0 Å². The van der Waals surface area contributed by atoms with Crippen LogP contribution in [0.2, 0.25) is 0 Å². The minimum absolute atomic E-state index is 0.706. The molecular weight excluding hydrogens is 138 g/mol. The topological polar surface area (TPSA) is 40.7 Å². The Labute approximate surface area is 67.2 Å². The summed E-state index contributed by atoms with van der Waals surface area (Å²) >= 11 is 0. The lowest BCUT2D eigenvalue weighted by atomic mass is 10.2. The van der Waals surface area contributed by atoms with Crippen molar-refractivity contribution >= 4 is 0 Å². The van der Waals surface area contributed by atoms with Crippen LogP contribution in [0.4, 0.5) is 0 Å². The first-order valence-electron chi connectivity index (χ1n) is 3.97. The van der Waals surface area contributed by atoms with E-state index in [4.69, 9.17) is 0 Å². The number of H-pyrrole nitrogens is 1. The molecule has 0 spiro atoms. The lowest BCUT2D eigenvalue weighted by molar-refractivity contribution is 0.549. The van der Waals surface area contributed by atoms with Crippen LogP contribution in [-0.2, 0) is 6.54 Å². The van der Waals surface area contributed by atoms with Gasteiger partial charge in [-0.15, -0.1) is 0 Å². The molecular formula is C8H15N3. The van der Waals surface area contributed by atoms with E-state index in [2.05, 4.69) is 29.1 Å². The van der Waals surface area contributed by atoms with Crippen molar-refractivity contribution in [3.63, 3.8) is 0 Å². The first-order valence-corrected chi connectivity index (χ1v) is 3.97. The number of hydrogen-bond acceptors (Lipinski definition) is 2. The number of nitrogens with one attached hydrogen (secondary N) is 2. The number of imidazole rings is 1. The molecule has 0 fully saturated rings. The molecule has 0 atom stereocenters. The molecule has 1 heterocycles. The van der Waals surface area contributed by atoms with E-state index >= 15 is 0 Å². The van der Waals surface area contributed by atoms with E-state index in [1.165, 1.54) is 0 Å². The Morgan fingerprint density at radius 3 is 3.00 bits per heavy atom. The van der Waals surface area contributed by atoms with Crippen molar-refractivity contribution in [3.8, 4) is 0 Å². The fraction of sp³-hybridized carbons (Fsp3) is 0.625. The summed E-state index contributed by atoms with van der Waals surface area (Å²) in [5.74, 6) is 0.706. The molecule has 1 aromatic heterocycles. The van der Waals surface area contributed by atoms with Gasteiger partial charge in [0.05, 0.1) is 6.33 Å². The molecule has 11 heavy (non-hydrogen) atoms. The molecule has 2 N–H and O–H groups in total. The average molecular weight is 153 g/mol. The molecule has 0 radical (unpaired) electrons. The van der Waals surface area contributed by atoms with Gasteiger partial charge in [-0.05, 0) is 12.5 Å². The number of hydrogen-bond donors (Lipinski definition) is 2. The van der Waals surface area contributed by atoms with E-state index in [1.54, 1.807) is 6.33 Å². The van der Waals surface area contributed by atoms with Gasteiger partial charge in [0.1, 0.15) is 0 Å². The lowest BCUT2D eigenvalue weighted by Gasteiger charge is -2.04. The maximum atomic E-state index is 3.92. The van der Waals surface area contributed by atoms with Crippen LogP contribution in [0.15, 0.2) is 12.5 Å². The molecule has 0 aliphatic rings. The van der Waals surface area contributed by atoms with Crippen molar-refractivity contribution in [1.82, 2.24) is 15.3 Å². The highest BCUT2D eigenvalue weighted by Gasteiger charge is 1.94. The molecule has 3 heteroatoms. The third-order valence-electron chi connectivity index (χ3n) is 1.42. The Morgan fingerprint density at radius 2 is 2.45 bits per heavy atom. The maximum absolute atomic E-state index is 3.92. The molecule has 0 saturated heterocycles. The van der Waals surface area contributed by atoms with Gasteiger partial charge in [-0.1, -0.05) is 13.8 Å². The summed E-state index contributed by atoms with van der Waals surface area (Å²) in [5, 5.41) is 3.32. The predicted molar refractivity (Wildman–Crippen MR) is 45.1 cm³/mol. The van der Waals surface area contributed by atoms with E-state index in [-0.39, 0.29) is 0 Å². The lowest BCUT2D eigenvalue weighted by Crippen LogP contribution is -2.18. The van der Waals surface area contributed by atoms with Crippen molar-refractivity contribution in [3.05, 3.63) is 18.2 Å². The van der Waals surface area contributed by atoms with Crippen molar-refractivity contribution in [2.45, 2.75) is 20.4 Å². The minimum atomic E-state index is 0.706. The second kappa shape index (κ2) is 4.13. The average Bonchev–Trinajstić information content (AvgIpc) is 2.39. The molecule has 0 aromatic carbocycles. The second-order valence-corrected chi connectivity index (χ2v) is 3.10. The third-order valence-corrected chi connectivity index (χ3v) is 1.42. The van der Waals surface area contributed by atoms with Crippen LogP contribution in [0.5, 0.6) is 0 Å². The SMILES string of the molecule is CC(C)CNCc1cnc[nH]1. The van der Waals surface area contributed by atoms with Gasteiger partial charge in [0, 0.05) is 18.4 Å². The van der Waals surface area contributed by atoms with Gasteiger partial charge < -0.3 is 10.3 Å². The van der Waals surface area contributed by atoms with Crippen LogP contribution in [0.25, 0.3) is 0 Å².